The van der Waals surface area contributed by atoms with Gasteiger partial charge in [-0.15, -0.1) is 0 Å². The number of benzene rings is 1. The molecule has 5 heteroatoms. The molecule has 0 heterocycles. The molecule has 1 aromatic carbocycles. The third-order valence-electron chi connectivity index (χ3n) is 3.06. The van der Waals surface area contributed by atoms with Crippen LogP contribution in [0.3, 0.4) is 0 Å². The number of nitrogens with one attached hydrogen (secondary N) is 1. The predicted octanol–water partition coefficient (Wildman–Crippen LogP) is 2.06. The van der Waals surface area contributed by atoms with Gasteiger partial charge in [-0.1, -0.05) is 11.6 Å². The molecule has 0 aliphatic rings. The lowest BCUT2D eigenvalue weighted by atomic mass is 10.1. The topological polar surface area (TPSA) is 61.7 Å². The van der Waals surface area contributed by atoms with Gasteiger partial charge in [0.2, 0.25) is 0 Å². The first-order valence-corrected chi connectivity index (χ1v) is 7.06. The second-order valence-electron chi connectivity index (χ2n) is 5.76. The fourth-order valence-corrected chi connectivity index (χ4v) is 1.80. The van der Waals surface area contributed by atoms with Crippen LogP contribution in [0.25, 0.3) is 0 Å². The molecule has 0 aliphatic heterocycles. The number of hydrogen-bond acceptors (Lipinski definition) is 4. The van der Waals surface area contributed by atoms with E-state index in [0.717, 1.165) is 16.1 Å². The van der Waals surface area contributed by atoms with Gasteiger partial charge >= 0.3 is 0 Å². The summed E-state index contributed by atoms with van der Waals surface area (Å²) < 4.78 is 5.57. The average molecular weight is 302 g/mol. The fourth-order valence-electron chi connectivity index (χ4n) is 1.69. The third-order valence-corrected chi connectivity index (χ3v) is 3.66. The maximum absolute atomic E-state index is 9.87. The highest BCUT2D eigenvalue weighted by Gasteiger charge is 2.17. The van der Waals surface area contributed by atoms with Crippen LogP contribution in [0.2, 0.25) is 5.02 Å². The zero-order valence-corrected chi connectivity index (χ0v) is 13.3. The van der Waals surface area contributed by atoms with Gasteiger partial charge in [-0.25, -0.2) is 0 Å². The normalized spacial score (nSPS) is 13.3. The smallest absolute Gasteiger partial charge is 0.120 e. The van der Waals surface area contributed by atoms with Crippen LogP contribution in [0.15, 0.2) is 12.1 Å². The van der Waals surface area contributed by atoms with Crippen molar-refractivity contribution in [1.29, 1.82) is 0 Å². The minimum atomic E-state index is -0.642. The van der Waals surface area contributed by atoms with Gasteiger partial charge in [-0.05, 0) is 51.0 Å². The molecule has 3 N–H and O–H groups in total. The summed E-state index contributed by atoms with van der Waals surface area (Å²) in [4.78, 5) is 0. The molecule has 0 saturated heterocycles. The standard InChI is InChI=1S/C15H24ClNO3/c1-10-5-13(6-11(2)14(10)16)20-8-12(19)7-17-15(3,4)9-18/h5-6,12,17-19H,7-9H2,1-4H3/t12-/m1/s1. The first kappa shape index (κ1) is 17.2. The first-order chi connectivity index (χ1) is 9.25. The Labute approximate surface area is 125 Å². The number of aliphatic hydroxyl groups excluding tert-OH is 2. The van der Waals surface area contributed by atoms with Crippen molar-refractivity contribution in [1.82, 2.24) is 5.32 Å². The average Bonchev–Trinajstić information content (AvgIpc) is 2.40. The summed E-state index contributed by atoms with van der Waals surface area (Å²) in [5.41, 5.74) is 1.50. The largest absolute Gasteiger partial charge is 0.491 e. The molecule has 0 saturated carbocycles. The third kappa shape index (κ3) is 5.29. The molecule has 0 aromatic heterocycles. The fraction of sp³-hybridized carbons (Fsp3) is 0.600. The zero-order chi connectivity index (χ0) is 15.3. The molecule has 4 nitrogen and oxygen atoms in total. The van der Waals surface area contributed by atoms with E-state index in [1.807, 2.05) is 39.8 Å². The molecule has 0 bridgehead atoms. The highest BCUT2D eigenvalue weighted by molar-refractivity contribution is 6.32. The molecular formula is C15H24ClNO3. The molecule has 114 valence electrons. The van der Waals surface area contributed by atoms with Crippen LogP contribution in [-0.4, -0.2) is 41.6 Å². The van der Waals surface area contributed by atoms with Crippen LogP contribution in [0, 0.1) is 13.8 Å². The van der Waals surface area contributed by atoms with E-state index in [2.05, 4.69) is 5.32 Å². The quantitative estimate of drug-likeness (QED) is 0.721. The van der Waals surface area contributed by atoms with Crippen LogP contribution < -0.4 is 10.1 Å². The van der Waals surface area contributed by atoms with E-state index in [4.69, 9.17) is 21.4 Å². The van der Waals surface area contributed by atoms with Crippen molar-refractivity contribution in [3.63, 3.8) is 0 Å². The van der Waals surface area contributed by atoms with E-state index in [0.29, 0.717) is 12.3 Å². The molecule has 1 atom stereocenters. The molecule has 0 radical (unpaired) electrons. The zero-order valence-electron chi connectivity index (χ0n) is 12.5. The Hall–Kier alpha value is -0.810. The van der Waals surface area contributed by atoms with E-state index >= 15 is 0 Å². The van der Waals surface area contributed by atoms with Gasteiger partial charge in [-0.2, -0.15) is 0 Å². The molecule has 0 spiro atoms. The molecule has 0 unspecified atom stereocenters. The second-order valence-corrected chi connectivity index (χ2v) is 6.14. The molecular weight excluding hydrogens is 278 g/mol. The number of ether oxygens (including phenoxy) is 1. The van der Waals surface area contributed by atoms with Crippen molar-refractivity contribution in [2.24, 2.45) is 0 Å². The number of aryl methyl sites for hydroxylation is 2. The van der Waals surface area contributed by atoms with Crippen LogP contribution in [-0.2, 0) is 0 Å². The van der Waals surface area contributed by atoms with Crippen molar-refractivity contribution >= 4 is 11.6 Å². The van der Waals surface area contributed by atoms with Gasteiger partial charge in [0.05, 0.1) is 6.61 Å². The summed E-state index contributed by atoms with van der Waals surface area (Å²) in [5.74, 6) is 0.699. The SMILES string of the molecule is Cc1cc(OC[C@H](O)CNC(C)(C)CO)cc(C)c1Cl. The van der Waals surface area contributed by atoms with Gasteiger partial charge in [0.25, 0.3) is 0 Å². The Morgan fingerprint density at radius 1 is 1.30 bits per heavy atom. The van der Waals surface area contributed by atoms with Crippen LogP contribution in [0.1, 0.15) is 25.0 Å². The van der Waals surface area contributed by atoms with Crippen LogP contribution >= 0.6 is 11.6 Å². The molecule has 1 aromatic rings. The maximum atomic E-state index is 9.87. The summed E-state index contributed by atoms with van der Waals surface area (Å²) >= 11 is 6.09. The lowest BCUT2D eigenvalue weighted by Gasteiger charge is -2.25. The number of aliphatic hydroxyl groups is 2. The summed E-state index contributed by atoms with van der Waals surface area (Å²) in [7, 11) is 0. The Morgan fingerprint density at radius 3 is 2.35 bits per heavy atom. The van der Waals surface area contributed by atoms with Crippen LogP contribution in [0.4, 0.5) is 0 Å². The second kappa shape index (κ2) is 7.27. The van der Waals surface area contributed by atoms with Crippen molar-refractivity contribution in [3.8, 4) is 5.75 Å². The van der Waals surface area contributed by atoms with Gasteiger partial charge in [-0.3, -0.25) is 0 Å². The van der Waals surface area contributed by atoms with E-state index in [1.165, 1.54) is 0 Å². The summed E-state index contributed by atoms with van der Waals surface area (Å²) in [6, 6.07) is 3.71. The monoisotopic (exact) mass is 301 g/mol. The van der Waals surface area contributed by atoms with Crippen molar-refractivity contribution in [3.05, 3.63) is 28.3 Å². The predicted molar refractivity (Wildman–Crippen MR) is 81.6 cm³/mol. The molecule has 1 rings (SSSR count). The van der Waals surface area contributed by atoms with Gasteiger partial charge < -0.3 is 20.3 Å². The summed E-state index contributed by atoms with van der Waals surface area (Å²) in [6.45, 7) is 8.14. The minimum Gasteiger partial charge on any atom is -0.491 e. The number of halogens is 1. The van der Waals surface area contributed by atoms with Crippen molar-refractivity contribution in [2.75, 3.05) is 19.8 Å². The van der Waals surface area contributed by atoms with E-state index < -0.39 is 11.6 Å². The lowest BCUT2D eigenvalue weighted by molar-refractivity contribution is 0.0906. The van der Waals surface area contributed by atoms with E-state index in [-0.39, 0.29) is 13.2 Å². The molecule has 0 aliphatic carbocycles. The first-order valence-electron chi connectivity index (χ1n) is 6.68. The molecule has 0 fully saturated rings. The maximum Gasteiger partial charge on any atom is 0.120 e. The number of hydrogen-bond donors (Lipinski definition) is 3. The molecule has 20 heavy (non-hydrogen) atoms. The Morgan fingerprint density at radius 2 is 1.85 bits per heavy atom. The summed E-state index contributed by atoms with van der Waals surface area (Å²) in [6.07, 6.45) is -0.642. The van der Waals surface area contributed by atoms with E-state index in [1.54, 1.807) is 0 Å². The van der Waals surface area contributed by atoms with Gasteiger partial charge in [0, 0.05) is 17.1 Å². The minimum absolute atomic E-state index is 0.0101. The Kier molecular flexibility index (Phi) is 6.27. The van der Waals surface area contributed by atoms with Gasteiger partial charge in [0.15, 0.2) is 0 Å². The highest BCUT2D eigenvalue weighted by atomic mass is 35.5. The molecule has 0 amide bonds. The highest BCUT2D eigenvalue weighted by Crippen LogP contribution is 2.25. The van der Waals surface area contributed by atoms with E-state index in [9.17, 15) is 5.11 Å². The van der Waals surface area contributed by atoms with Crippen molar-refractivity contribution < 1.29 is 14.9 Å². The summed E-state index contributed by atoms with van der Waals surface area (Å²) in [5, 5.41) is 22.8. The van der Waals surface area contributed by atoms with Crippen LogP contribution in [0.5, 0.6) is 5.75 Å². The number of rotatable bonds is 7. The Bertz CT molecular complexity index is 426. The lowest BCUT2D eigenvalue weighted by Crippen LogP contribution is -2.47. The Balaban J connectivity index is 2.47. The van der Waals surface area contributed by atoms with Crippen molar-refractivity contribution in [2.45, 2.75) is 39.3 Å². The number of β-amino-alcohol motifs (C(OH)–C–C–N with tert-alkyl or cyclic N) is 1. The van der Waals surface area contributed by atoms with Gasteiger partial charge in [0.1, 0.15) is 18.5 Å².